The smallest absolute Gasteiger partial charge is 0.338 e. The van der Waals surface area contributed by atoms with Crippen LogP contribution >= 0.6 is 0 Å². The second-order valence-corrected chi connectivity index (χ2v) is 9.84. The molecule has 0 saturated carbocycles. The van der Waals surface area contributed by atoms with Gasteiger partial charge in [0.15, 0.2) is 6.61 Å². The first-order valence-corrected chi connectivity index (χ1v) is 11.7. The van der Waals surface area contributed by atoms with Gasteiger partial charge in [-0.05, 0) is 48.2 Å². The SMILES string of the molecule is CC(C)CN(CC(C)C)C(=O)COC(=O)c1ccc(S(=O)(=O)Nc2ccccc2)cc1. The molecule has 168 valence electrons. The van der Waals surface area contributed by atoms with E-state index in [1.54, 1.807) is 35.2 Å². The average molecular weight is 447 g/mol. The third kappa shape index (κ3) is 7.71. The maximum Gasteiger partial charge on any atom is 0.338 e. The van der Waals surface area contributed by atoms with E-state index in [9.17, 15) is 18.0 Å². The molecule has 0 unspecified atom stereocenters. The molecule has 0 saturated heterocycles. The second-order valence-electron chi connectivity index (χ2n) is 8.16. The quantitative estimate of drug-likeness (QED) is 0.561. The Morgan fingerprint density at radius 2 is 1.45 bits per heavy atom. The highest BCUT2D eigenvalue weighted by molar-refractivity contribution is 7.92. The molecule has 0 aliphatic rings. The Bertz CT molecular complexity index is 961. The van der Waals surface area contributed by atoms with Gasteiger partial charge in [0.25, 0.3) is 15.9 Å². The Balaban J connectivity index is 1.99. The van der Waals surface area contributed by atoms with Gasteiger partial charge < -0.3 is 9.64 Å². The molecule has 1 N–H and O–H groups in total. The van der Waals surface area contributed by atoms with Gasteiger partial charge >= 0.3 is 5.97 Å². The third-order valence-electron chi connectivity index (χ3n) is 4.28. The molecule has 0 aliphatic heterocycles. The average Bonchev–Trinajstić information content (AvgIpc) is 2.71. The van der Waals surface area contributed by atoms with E-state index in [0.717, 1.165) is 0 Å². The molecular formula is C23H30N2O5S. The van der Waals surface area contributed by atoms with E-state index in [4.69, 9.17) is 4.74 Å². The van der Waals surface area contributed by atoms with Crippen LogP contribution in [-0.2, 0) is 19.6 Å². The minimum absolute atomic E-state index is 0.0176. The molecule has 0 aromatic heterocycles. The summed E-state index contributed by atoms with van der Waals surface area (Å²) in [5.41, 5.74) is 0.613. The topological polar surface area (TPSA) is 92.8 Å². The lowest BCUT2D eigenvalue weighted by molar-refractivity contribution is -0.135. The Morgan fingerprint density at radius 3 is 1.97 bits per heavy atom. The molecule has 0 aliphatic carbocycles. The first-order chi connectivity index (χ1) is 14.6. The molecule has 2 rings (SSSR count). The van der Waals surface area contributed by atoms with E-state index in [0.29, 0.717) is 30.6 Å². The first kappa shape index (κ1) is 24.4. The number of benzene rings is 2. The highest BCUT2D eigenvalue weighted by Crippen LogP contribution is 2.17. The van der Waals surface area contributed by atoms with Gasteiger partial charge in [-0.15, -0.1) is 0 Å². The number of ether oxygens (including phenoxy) is 1. The zero-order chi connectivity index (χ0) is 23.0. The molecule has 1 amide bonds. The summed E-state index contributed by atoms with van der Waals surface area (Å²) in [7, 11) is -3.78. The zero-order valence-corrected chi connectivity index (χ0v) is 19.2. The number of para-hydroxylation sites is 1. The largest absolute Gasteiger partial charge is 0.452 e. The number of hydrogen-bond acceptors (Lipinski definition) is 5. The Labute approximate surface area is 184 Å². The van der Waals surface area contributed by atoms with Crippen molar-refractivity contribution in [2.75, 3.05) is 24.4 Å². The van der Waals surface area contributed by atoms with E-state index >= 15 is 0 Å². The summed E-state index contributed by atoms with van der Waals surface area (Å²) in [6.07, 6.45) is 0. The Hall–Kier alpha value is -2.87. The number of esters is 1. The minimum atomic E-state index is -3.78. The maximum atomic E-state index is 12.5. The van der Waals surface area contributed by atoms with Crippen molar-refractivity contribution in [3.05, 3.63) is 60.2 Å². The van der Waals surface area contributed by atoms with Crippen LogP contribution in [-0.4, -0.2) is 44.9 Å². The number of anilines is 1. The van der Waals surface area contributed by atoms with Crippen LogP contribution in [0, 0.1) is 11.8 Å². The molecule has 0 spiro atoms. The monoisotopic (exact) mass is 446 g/mol. The lowest BCUT2D eigenvalue weighted by Crippen LogP contribution is -2.39. The zero-order valence-electron chi connectivity index (χ0n) is 18.4. The predicted octanol–water partition coefficient (Wildman–Crippen LogP) is 3.78. The van der Waals surface area contributed by atoms with Crippen LogP contribution in [0.4, 0.5) is 5.69 Å². The molecule has 0 atom stereocenters. The summed E-state index contributed by atoms with van der Waals surface area (Å²) < 4.78 is 32.6. The fourth-order valence-corrected chi connectivity index (χ4v) is 4.01. The number of amides is 1. The molecule has 8 heteroatoms. The summed E-state index contributed by atoms with van der Waals surface area (Å²) in [4.78, 5) is 26.5. The Kier molecular flexibility index (Phi) is 8.62. The number of carbonyl (C=O) groups is 2. The van der Waals surface area contributed by atoms with Crippen molar-refractivity contribution in [3.8, 4) is 0 Å². The molecule has 0 radical (unpaired) electrons. The van der Waals surface area contributed by atoms with Crippen molar-refractivity contribution in [2.45, 2.75) is 32.6 Å². The molecule has 0 fully saturated rings. The number of carbonyl (C=O) groups excluding carboxylic acids is 2. The van der Waals surface area contributed by atoms with Crippen LogP contribution in [0.15, 0.2) is 59.5 Å². The van der Waals surface area contributed by atoms with Crippen LogP contribution in [0.25, 0.3) is 0 Å². The van der Waals surface area contributed by atoms with E-state index < -0.39 is 16.0 Å². The minimum Gasteiger partial charge on any atom is -0.452 e. The predicted molar refractivity (Wildman–Crippen MR) is 120 cm³/mol. The molecule has 31 heavy (non-hydrogen) atoms. The molecule has 7 nitrogen and oxygen atoms in total. The summed E-state index contributed by atoms with van der Waals surface area (Å²) >= 11 is 0. The van der Waals surface area contributed by atoms with Gasteiger partial charge in [-0.25, -0.2) is 13.2 Å². The fourth-order valence-electron chi connectivity index (χ4n) is 2.95. The van der Waals surface area contributed by atoms with Crippen LogP contribution < -0.4 is 4.72 Å². The molecule has 2 aromatic carbocycles. The van der Waals surface area contributed by atoms with Crippen molar-refractivity contribution < 1.29 is 22.7 Å². The summed E-state index contributed by atoms with van der Waals surface area (Å²) in [6.45, 7) is 8.92. The van der Waals surface area contributed by atoms with E-state index in [1.165, 1.54) is 24.3 Å². The number of nitrogens with zero attached hydrogens (tertiary/aromatic N) is 1. The van der Waals surface area contributed by atoms with Crippen LogP contribution in [0.3, 0.4) is 0 Å². The van der Waals surface area contributed by atoms with Crippen LogP contribution in [0.1, 0.15) is 38.1 Å². The number of rotatable bonds is 10. The summed E-state index contributed by atoms with van der Waals surface area (Å²) in [5, 5.41) is 0. The van der Waals surface area contributed by atoms with Crippen molar-refractivity contribution in [1.82, 2.24) is 4.90 Å². The third-order valence-corrected chi connectivity index (χ3v) is 5.67. The van der Waals surface area contributed by atoms with Gasteiger partial charge in [-0.3, -0.25) is 9.52 Å². The van der Waals surface area contributed by atoms with Crippen LogP contribution in [0.5, 0.6) is 0 Å². The first-order valence-electron chi connectivity index (χ1n) is 10.2. The highest BCUT2D eigenvalue weighted by atomic mass is 32.2. The standard InChI is InChI=1S/C23H30N2O5S/c1-17(2)14-25(15-18(3)4)22(26)16-30-23(27)19-10-12-21(13-11-19)31(28,29)24-20-8-6-5-7-9-20/h5-13,17-18,24H,14-16H2,1-4H3. The summed E-state index contributed by atoms with van der Waals surface area (Å²) in [6, 6.07) is 13.9. The number of nitrogens with one attached hydrogen (secondary N) is 1. The van der Waals surface area contributed by atoms with Crippen molar-refractivity contribution in [3.63, 3.8) is 0 Å². The molecule has 2 aromatic rings. The van der Waals surface area contributed by atoms with Crippen molar-refractivity contribution >= 4 is 27.6 Å². The second kappa shape index (κ2) is 10.9. The van der Waals surface area contributed by atoms with Gasteiger partial charge in [-0.2, -0.15) is 0 Å². The van der Waals surface area contributed by atoms with E-state index in [1.807, 2.05) is 27.7 Å². The molecular weight excluding hydrogens is 416 g/mol. The van der Waals surface area contributed by atoms with Crippen molar-refractivity contribution in [1.29, 1.82) is 0 Å². The Morgan fingerprint density at radius 1 is 0.903 bits per heavy atom. The number of hydrogen-bond donors (Lipinski definition) is 1. The maximum absolute atomic E-state index is 12.5. The lowest BCUT2D eigenvalue weighted by atomic mass is 10.1. The highest BCUT2D eigenvalue weighted by Gasteiger charge is 2.19. The lowest BCUT2D eigenvalue weighted by Gasteiger charge is -2.26. The van der Waals surface area contributed by atoms with Gasteiger partial charge in [0.2, 0.25) is 0 Å². The molecule has 0 heterocycles. The van der Waals surface area contributed by atoms with Gasteiger partial charge in [0, 0.05) is 18.8 Å². The molecule has 0 bridgehead atoms. The fraction of sp³-hybridized carbons (Fsp3) is 0.391. The summed E-state index contributed by atoms with van der Waals surface area (Å²) in [5.74, 6) is -0.320. The van der Waals surface area contributed by atoms with E-state index in [2.05, 4.69) is 4.72 Å². The normalized spacial score (nSPS) is 11.4. The van der Waals surface area contributed by atoms with Gasteiger partial charge in [0.05, 0.1) is 10.5 Å². The van der Waals surface area contributed by atoms with Gasteiger partial charge in [-0.1, -0.05) is 45.9 Å². The van der Waals surface area contributed by atoms with Crippen molar-refractivity contribution in [2.24, 2.45) is 11.8 Å². The van der Waals surface area contributed by atoms with Crippen LogP contribution in [0.2, 0.25) is 0 Å². The number of sulfonamides is 1. The van der Waals surface area contributed by atoms with E-state index in [-0.39, 0.29) is 23.0 Å². The van der Waals surface area contributed by atoms with Gasteiger partial charge in [0.1, 0.15) is 0 Å².